The second-order valence-electron chi connectivity index (χ2n) is 3.35. The summed E-state index contributed by atoms with van der Waals surface area (Å²) in [5.74, 6) is 1.23. The van der Waals surface area contributed by atoms with Crippen molar-refractivity contribution < 1.29 is 4.52 Å². The normalized spacial score (nSPS) is 10.5. The summed E-state index contributed by atoms with van der Waals surface area (Å²) in [6, 6.07) is 7.47. The summed E-state index contributed by atoms with van der Waals surface area (Å²) in [4.78, 5) is 4.27. The predicted molar refractivity (Wildman–Crippen MR) is 58.1 cm³/mol. The number of anilines is 1. The van der Waals surface area contributed by atoms with Crippen molar-refractivity contribution in [2.45, 2.75) is 19.8 Å². The summed E-state index contributed by atoms with van der Waals surface area (Å²) in [5, 5.41) is 3.88. The molecule has 0 aliphatic rings. The quantitative estimate of drug-likeness (QED) is 0.777. The van der Waals surface area contributed by atoms with E-state index in [4.69, 9.17) is 10.3 Å². The van der Waals surface area contributed by atoms with E-state index in [0.717, 1.165) is 24.2 Å². The van der Waals surface area contributed by atoms with Crippen LogP contribution in [-0.4, -0.2) is 10.1 Å². The van der Waals surface area contributed by atoms with Crippen molar-refractivity contribution in [3.63, 3.8) is 0 Å². The second-order valence-corrected chi connectivity index (χ2v) is 3.35. The molecule has 0 bridgehead atoms. The number of nitrogen functional groups attached to an aromatic ring is 1. The van der Waals surface area contributed by atoms with E-state index in [-0.39, 0.29) is 0 Å². The Morgan fingerprint density at radius 3 is 2.87 bits per heavy atom. The number of benzene rings is 1. The molecule has 0 radical (unpaired) electrons. The van der Waals surface area contributed by atoms with Crippen molar-refractivity contribution in [1.29, 1.82) is 0 Å². The van der Waals surface area contributed by atoms with Gasteiger partial charge in [-0.15, -0.1) is 0 Å². The standard InChI is InChI=1S/C11H13N3O/c1-2-5-10-13-11(15-14-10)8-6-3-4-7-9(8)12/h3-4,6-7H,2,5,12H2,1H3. The maximum absolute atomic E-state index is 5.81. The number of rotatable bonds is 3. The molecular formula is C11H13N3O. The van der Waals surface area contributed by atoms with E-state index in [1.54, 1.807) is 0 Å². The van der Waals surface area contributed by atoms with E-state index < -0.39 is 0 Å². The van der Waals surface area contributed by atoms with Crippen LogP contribution in [-0.2, 0) is 6.42 Å². The highest BCUT2D eigenvalue weighted by atomic mass is 16.5. The van der Waals surface area contributed by atoms with Crippen LogP contribution in [0.15, 0.2) is 28.8 Å². The van der Waals surface area contributed by atoms with Gasteiger partial charge in [-0.25, -0.2) is 0 Å². The highest BCUT2D eigenvalue weighted by Crippen LogP contribution is 2.23. The lowest BCUT2D eigenvalue weighted by Crippen LogP contribution is -1.90. The predicted octanol–water partition coefficient (Wildman–Crippen LogP) is 2.27. The topological polar surface area (TPSA) is 64.9 Å². The van der Waals surface area contributed by atoms with Gasteiger partial charge in [0.05, 0.1) is 5.56 Å². The Labute approximate surface area is 88.1 Å². The van der Waals surface area contributed by atoms with Crippen LogP contribution in [0.3, 0.4) is 0 Å². The van der Waals surface area contributed by atoms with Gasteiger partial charge < -0.3 is 10.3 Å². The van der Waals surface area contributed by atoms with E-state index in [2.05, 4.69) is 17.1 Å². The molecule has 0 atom stereocenters. The minimum absolute atomic E-state index is 0.497. The molecule has 0 aliphatic carbocycles. The van der Waals surface area contributed by atoms with E-state index in [1.807, 2.05) is 24.3 Å². The lowest BCUT2D eigenvalue weighted by molar-refractivity contribution is 0.422. The van der Waals surface area contributed by atoms with Gasteiger partial charge in [0.2, 0.25) is 0 Å². The van der Waals surface area contributed by atoms with Crippen LogP contribution in [0, 0.1) is 0 Å². The molecule has 1 aromatic carbocycles. The van der Waals surface area contributed by atoms with Crippen molar-refractivity contribution >= 4 is 5.69 Å². The first kappa shape index (κ1) is 9.71. The summed E-state index contributed by atoms with van der Waals surface area (Å²) in [7, 11) is 0. The third-order valence-corrected chi connectivity index (χ3v) is 2.13. The van der Waals surface area contributed by atoms with Crippen LogP contribution in [0.5, 0.6) is 0 Å². The molecule has 2 rings (SSSR count). The fourth-order valence-corrected chi connectivity index (χ4v) is 1.38. The minimum Gasteiger partial charge on any atom is -0.398 e. The summed E-state index contributed by atoms with van der Waals surface area (Å²) in [6.07, 6.45) is 1.83. The zero-order valence-electron chi connectivity index (χ0n) is 8.60. The SMILES string of the molecule is CCCc1noc(-c2ccccc2N)n1. The van der Waals surface area contributed by atoms with Crippen molar-refractivity contribution in [3.05, 3.63) is 30.1 Å². The Morgan fingerprint density at radius 1 is 1.33 bits per heavy atom. The Bertz CT molecular complexity index is 451. The molecule has 15 heavy (non-hydrogen) atoms. The van der Waals surface area contributed by atoms with Gasteiger partial charge in [-0.1, -0.05) is 24.2 Å². The van der Waals surface area contributed by atoms with Gasteiger partial charge in [-0.05, 0) is 18.6 Å². The number of para-hydroxylation sites is 1. The Hall–Kier alpha value is -1.84. The van der Waals surface area contributed by atoms with Gasteiger partial charge in [0.25, 0.3) is 5.89 Å². The summed E-state index contributed by atoms with van der Waals surface area (Å²) < 4.78 is 5.14. The number of hydrogen-bond donors (Lipinski definition) is 1. The van der Waals surface area contributed by atoms with Gasteiger partial charge in [-0.2, -0.15) is 4.98 Å². The van der Waals surface area contributed by atoms with Crippen LogP contribution in [0.25, 0.3) is 11.5 Å². The van der Waals surface area contributed by atoms with Crippen molar-refractivity contribution in [1.82, 2.24) is 10.1 Å². The Balaban J connectivity index is 2.33. The zero-order valence-corrected chi connectivity index (χ0v) is 8.60. The van der Waals surface area contributed by atoms with Gasteiger partial charge in [0.1, 0.15) is 0 Å². The molecule has 0 fully saturated rings. The van der Waals surface area contributed by atoms with Crippen LogP contribution in [0.4, 0.5) is 5.69 Å². The number of hydrogen-bond acceptors (Lipinski definition) is 4. The first-order valence-corrected chi connectivity index (χ1v) is 4.98. The van der Waals surface area contributed by atoms with E-state index in [1.165, 1.54) is 0 Å². The lowest BCUT2D eigenvalue weighted by Gasteiger charge is -1.97. The van der Waals surface area contributed by atoms with Crippen LogP contribution in [0.1, 0.15) is 19.2 Å². The maximum Gasteiger partial charge on any atom is 0.260 e. The number of aryl methyl sites for hydroxylation is 1. The first-order chi connectivity index (χ1) is 7.31. The Morgan fingerprint density at radius 2 is 2.13 bits per heavy atom. The molecule has 0 saturated heterocycles. The third kappa shape index (κ3) is 1.98. The molecule has 0 aliphatic heterocycles. The molecule has 0 unspecified atom stereocenters. The smallest absolute Gasteiger partial charge is 0.260 e. The third-order valence-electron chi connectivity index (χ3n) is 2.13. The molecule has 0 spiro atoms. The average Bonchev–Trinajstić information content (AvgIpc) is 2.68. The largest absolute Gasteiger partial charge is 0.398 e. The van der Waals surface area contributed by atoms with Crippen molar-refractivity contribution in [3.8, 4) is 11.5 Å². The van der Waals surface area contributed by atoms with E-state index in [0.29, 0.717) is 11.6 Å². The molecule has 0 amide bonds. The van der Waals surface area contributed by atoms with Crippen molar-refractivity contribution in [2.75, 3.05) is 5.73 Å². The molecule has 4 nitrogen and oxygen atoms in total. The summed E-state index contributed by atoms with van der Waals surface area (Å²) in [5.41, 5.74) is 7.26. The lowest BCUT2D eigenvalue weighted by atomic mass is 10.2. The fourth-order valence-electron chi connectivity index (χ4n) is 1.38. The zero-order chi connectivity index (χ0) is 10.7. The molecular weight excluding hydrogens is 190 g/mol. The number of nitrogens with two attached hydrogens (primary N) is 1. The molecule has 2 aromatic rings. The van der Waals surface area contributed by atoms with Gasteiger partial charge in [0.15, 0.2) is 5.82 Å². The molecule has 1 heterocycles. The fraction of sp³-hybridized carbons (Fsp3) is 0.273. The minimum atomic E-state index is 0.497. The van der Waals surface area contributed by atoms with Crippen molar-refractivity contribution in [2.24, 2.45) is 0 Å². The molecule has 78 valence electrons. The molecule has 0 saturated carbocycles. The first-order valence-electron chi connectivity index (χ1n) is 4.98. The number of nitrogens with zero attached hydrogens (tertiary/aromatic N) is 2. The van der Waals surface area contributed by atoms with Gasteiger partial charge in [-0.3, -0.25) is 0 Å². The Kier molecular flexibility index (Phi) is 2.67. The van der Waals surface area contributed by atoms with E-state index in [9.17, 15) is 0 Å². The molecule has 2 N–H and O–H groups in total. The van der Waals surface area contributed by atoms with Crippen LogP contribution < -0.4 is 5.73 Å². The summed E-state index contributed by atoms with van der Waals surface area (Å²) in [6.45, 7) is 2.08. The second kappa shape index (κ2) is 4.13. The highest BCUT2D eigenvalue weighted by molar-refractivity contribution is 5.69. The molecule has 1 aromatic heterocycles. The maximum atomic E-state index is 5.81. The van der Waals surface area contributed by atoms with E-state index >= 15 is 0 Å². The average molecular weight is 203 g/mol. The summed E-state index contributed by atoms with van der Waals surface area (Å²) >= 11 is 0. The highest BCUT2D eigenvalue weighted by Gasteiger charge is 2.10. The van der Waals surface area contributed by atoms with Crippen LogP contribution in [0.2, 0.25) is 0 Å². The van der Waals surface area contributed by atoms with Crippen LogP contribution >= 0.6 is 0 Å². The monoisotopic (exact) mass is 203 g/mol. The van der Waals surface area contributed by atoms with Gasteiger partial charge >= 0.3 is 0 Å². The van der Waals surface area contributed by atoms with Gasteiger partial charge in [0, 0.05) is 12.1 Å². The molecule has 4 heteroatoms. The number of aromatic nitrogens is 2.